The predicted molar refractivity (Wildman–Crippen MR) is 45.9 cm³/mol. The summed E-state index contributed by atoms with van der Waals surface area (Å²) in [5, 5.41) is 37.1. The molecule has 15 heavy (non-hydrogen) atoms. The van der Waals surface area contributed by atoms with Crippen molar-refractivity contribution < 1.29 is 41.5 Å². The van der Waals surface area contributed by atoms with E-state index in [1.165, 1.54) is 0 Å². The SMILES string of the molecule is [2H]C([2H])([2H])C([2H])([2H])O[C@@H]1OC(C(=O)O)[C@@H](O)[C@@H](O)C1O. The van der Waals surface area contributed by atoms with Gasteiger partial charge in [0.2, 0.25) is 0 Å². The molecular weight excluding hydrogens is 208 g/mol. The monoisotopic (exact) mass is 227 g/mol. The van der Waals surface area contributed by atoms with Crippen LogP contribution < -0.4 is 0 Å². The number of rotatable bonds is 3. The van der Waals surface area contributed by atoms with Gasteiger partial charge in [-0.1, -0.05) is 0 Å². The first-order valence-corrected chi connectivity index (χ1v) is 3.99. The summed E-state index contributed by atoms with van der Waals surface area (Å²) < 4.78 is 44.1. The molecule has 0 bridgehead atoms. The normalized spacial score (nSPS) is 48.2. The van der Waals surface area contributed by atoms with E-state index in [2.05, 4.69) is 9.47 Å². The lowest BCUT2D eigenvalue weighted by Gasteiger charge is -2.38. The van der Waals surface area contributed by atoms with Crippen LogP contribution in [0.3, 0.4) is 0 Å². The van der Waals surface area contributed by atoms with Gasteiger partial charge in [-0.2, -0.15) is 0 Å². The molecule has 2 unspecified atom stereocenters. The summed E-state index contributed by atoms with van der Waals surface area (Å²) in [5.41, 5.74) is 0. The Morgan fingerprint density at radius 1 is 1.47 bits per heavy atom. The molecule has 0 aromatic carbocycles. The minimum atomic E-state index is -3.25. The van der Waals surface area contributed by atoms with Crippen molar-refractivity contribution in [2.24, 2.45) is 0 Å². The van der Waals surface area contributed by atoms with Gasteiger partial charge in [0.15, 0.2) is 12.4 Å². The van der Waals surface area contributed by atoms with E-state index in [0.29, 0.717) is 0 Å². The van der Waals surface area contributed by atoms with Crippen molar-refractivity contribution in [3.8, 4) is 0 Å². The van der Waals surface area contributed by atoms with Crippen LogP contribution in [0.15, 0.2) is 0 Å². The van der Waals surface area contributed by atoms with Crippen molar-refractivity contribution in [2.45, 2.75) is 37.6 Å². The second kappa shape index (κ2) is 4.86. The largest absolute Gasteiger partial charge is 0.479 e. The lowest BCUT2D eigenvalue weighted by atomic mass is 9.99. The van der Waals surface area contributed by atoms with Gasteiger partial charge in [0.25, 0.3) is 0 Å². The minimum Gasteiger partial charge on any atom is -0.479 e. The first kappa shape index (κ1) is 6.77. The molecular formula is C8H14O7. The molecule has 7 heteroatoms. The van der Waals surface area contributed by atoms with Crippen LogP contribution in [0.4, 0.5) is 0 Å². The second-order valence-corrected chi connectivity index (χ2v) is 2.96. The molecule has 0 spiro atoms. The average Bonchev–Trinajstić information content (AvgIpc) is 2.27. The van der Waals surface area contributed by atoms with E-state index in [0.717, 1.165) is 0 Å². The Balaban J connectivity index is 2.92. The van der Waals surface area contributed by atoms with Crippen LogP contribution in [-0.2, 0) is 14.3 Å². The van der Waals surface area contributed by atoms with E-state index in [-0.39, 0.29) is 0 Å². The third-order valence-corrected chi connectivity index (χ3v) is 1.99. The fourth-order valence-electron chi connectivity index (χ4n) is 1.21. The van der Waals surface area contributed by atoms with E-state index in [1.54, 1.807) is 0 Å². The zero-order valence-corrected chi connectivity index (χ0v) is 7.40. The van der Waals surface area contributed by atoms with E-state index in [4.69, 9.17) is 12.0 Å². The highest BCUT2D eigenvalue weighted by atomic mass is 16.7. The van der Waals surface area contributed by atoms with Gasteiger partial charge >= 0.3 is 5.97 Å². The number of hydrogen-bond acceptors (Lipinski definition) is 6. The van der Waals surface area contributed by atoms with Crippen LogP contribution in [0.1, 0.15) is 13.7 Å². The molecule has 88 valence electrons. The minimum absolute atomic E-state index is 1.69. The third-order valence-electron chi connectivity index (χ3n) is 1.99. The first-order chi connectivity index (χ1) is 8.88. The Morgan fingerprint density at radius 2 is 2.13 bits per heavy atom. The molecule has 1 heterocycles. The molecule has 1 fully saturated rings. The summed E-state index contributed by atoms with van der Waals surface area (Å²) in [6.45, 7) is -6.47. The molecule has 5 atom stereocenters. The molecule has 0 saturated carbocycles. The van der Waals surface area contributed by atoms with Crippen molar-refractivity contribution >= 4 is 5.97 Å². The lowest BCUT2D eigenvalue weighted by molar-refractivity contribution is -0.292. The molecule has 0 radical (unpaired) electrons. The zero-order valence-electron chi connectivity index (χ0n) is 12.4. The number of carbonyl (C=O) groups is 1. The Hall–Kier alpha value is -0.730. The standard InChI is InChI=1S/C8H14O7/c1-2-14-8-5(11)3(9)4(10)6(15-8)7(12)13/h3-6,8-11H,2H2,1H3,(H,12,13)/t3-,4+,5?,6?,8-/m1/s1/i1D3,2D2. The highest BCUT2D eigenvalue weighted by Crippen LogP contribution is 2.22. The predicted octanol–water partition coefficient (Wildman–Crippen LogP) is -2.08. The highest BCUT2D eigenvalue weighted by molar-refractivity contribution is 5.73. The van der Waals surface area contributed by atoms with Crippen LogP contribution in [0.2, 0.25) is 0 Å². The molecule has 1 aliphatic heterocycles. The molecule has 0 aromatic heterocycles. The summed E-state index contributed by atoms with van der Waals surface area (Å²) in [5.74, 6) is -1.69. The van der Waals surface area contributed by atoms with Crippen molar-refractivity contribution in [3.63, 3.8) is 0 Å². The fourth-order valence-corrected chi connectivity index (χ4v) is 1.21. The maximum absolute atomic E-state index is 10.8. The average molecular weight is 227 g/mol. The fraction of sp³-hybridized carbons (Fsp3) is 0.875. The lowest BCUT2D eigenvalue weighted by Crippen LogP contribution is -2.60. The van der Waals surface area contributed by atoms with Gasteiger partial charge in [-0.3, -0.25) is 0 Å². The topological polar surface area (TPSA) is 116 Å². The number of hydrogen-bond donors (Lipinski definition) is 4. The summed E-state index contributed by atoms with van der Waals surface area (Å²) in [6, 6.07) is 0. The van der Waals surface area contributed by atoms with Gasteiger partial charge in [-0.25, -0.2) is 4.79 Å². The van der Waals surface area contributed by atoms with E-state index < -0.39 is 50.1 Å². The van der Waals surface area contributed by atoms with Gasteiger partial charge in [0, 0.05) is 10.7 Å². The molecule has 1 aliphatic rings. The molecule has 0 amide bonds. The van der Waals surface area contributed by atoms with E-state index >= 15 is 0 Å². The van der Waals surface area contributed by atoms with Crippen molar-refractivity contribution in [1.82, 2.24) is 0 Å². The number of ether oxygens (including phenoxy) is 2. The second-order valence-electron chi connectivity index (χ2n) is 2.96. The first-order valence-electron chi connectivity index (χ1n) is 6.49. The van der Waals surface area contributed by atoms with Crippen LogP contribution in [0.25, 0.3) is 0 Å². The van der Waals surface area contributed by atoms with Crippen LogP contribution in [0, 0.1) is 0 Å². The van der Waals surface area contributed by atoms with Crippen LogP contribution >= 0.6 is 0 Å². The highest BCUT2D eigenvalue weighted by Gasteiger charge is 2.47. The summed E-state index contributed by atoms with van der Waals surface area (Å²) in [6.07, 6.45) is -10.0. The quantitative estimate of drug-likeness (QED) is 0.437. The maximum Gasteiger partial charge on any atom is 0.335 e. The Morgan fingerprint density at radius 3 is 2.67 bits per heavy atom. The maximum atomic E-state index is 10.8. The number of aliphatic carboxylic acids is 1. The Bertz CT molecular complexity index is 373. The van der Waals surface area contributed by atoms with Gasteiger partial charge in [-0.15, -0.1) is 0 Å². The zero-order chi connectivity index (χ0) is 15.9. The number of aliphatic hydroxyl groups excluding tert-OH is 3. The smallest absolute Gasteiger partial charge is 0.335 e. The van der Waals surface area contributed by atoms with Crippen molar-refractivity contribution in [2.75, 3.05) is 6.56 Å². The van der Waals surface area contributed by atoms with Crippen LogP contribution in [-0.4, -0.2) is 63.7 Å². The van der Waals surface area contributed by atoms with Gasteiger partial charge in [0.1, 0.15) is 18.3 Å². The molecule has 4 N–H and O–H groups in total. The molecule has 0 aliphatic carbocycles. The number of aliphatic hydroxyl groups is 3. The summed E-state index contributed by atoms with van der Waals surface area (Å²) >= 11 is 0. The number of carboxylic acid groups (broad SMARTS) is 1. The Kier molecular flexibility index (Phi) is 2.19. The van der Waals surface area contributed by atoms with Crippen molar-refractivity contribution in [3.05, 3.63) is 0 Å². The molecule has 7 nitrogen and oxygen atoms in total. The summed E-state index contributed by atoms with van der Waals surface area (Å²) in [4.78, 5) is 10.8. The van der Waals surface area contributed by atoms with Crippen LogP contribution in [0.5, 0.6) is 0 Å². The summed E-state index contributed by atoms with van der Waals surface area (Å²) in [7, 11) is 0. The van der Waals surface area contributed by atoms with E-state index in [1.807, 2.05) is 0 Å². The van der Waals surface area contributed by atoms with Crippen molar-refractivity contribution in [1.29, 1.82) is 0 Å². The van der Waals surface area contributed by atoms with Gasteiger partial charge < -0.3 is 29.9 Å². The van der Waals surface area contributed by atoms with Gasteiger partial charge in [-0.05, 0) is 6.85 Å². The third kappa shape index (κ3) is 2.44. The molecule has 1 rings (SSSR count). The molecule has 0 aromatic rings. The Labute approximate surface area is 92.9 Å². The number of carboxylic acids is 1. The van der Waals surface area contributed by atoms with E-state index in [9.17, 15) is 20.1 Å². The van der Waals surface area contributed by atoms with Gasteiger partial charge in [0.05, 0.1) is 2.74 Å². The molecule has 1 saturated heterocycles.